The minimum atomic E-state index is -0.286. The van der Waals surface area contributed by atoms with Crippen LogP contribution in [-0.2, 0) is 0 Å². The van der Waals surface area contributed by atoms with E-state index >= 15 is 0 Å². The number of benzene rings is 1. The highest BCUT2D eigenvalue weighted by molar-refractivity contribution is 5.74. The number of rotatable bonds is 4. The quantitative estimate of drug-likeness (QED) is 0.834. The van der Waals surface area contributed by atoms with Crippen LogP contribution in [0.1, 0.15) is 19.3 Å². The fourth-order valence-electron chi connectivity index (χ4n) is 3.49. The molecule has 0 saturated carbocycles. The van der Waals surface area contributed by atoms with Gasteiger partial charge in [-0.2, -0.15) is 0 Å². The van der Waals surface area contributed by atoms with Gasteiger partial charge in [0.05, 0.1) is 6.54 Å². The number of hydrogen-bond donors (Lipinski definition) is 2. The van der Waals surface area contributed by atoms with E-state index in [4.69, 9.17) is 4.74 Å². The third-order valence-electron chi connectivity index (χ3n) is 4.74. The van der Waals surface area contributed by atoms with Gasteiger partial charge >= 0.3 is 6.03 Å². The molecule has 1 aromatic carbocycles. The van der Waals surface area contributed by atoms with Crippen LogP contribution in [0, 0.1) is 11.2 Å². The number of nitrogens with zero attached hydrogens (tertiary/aromatic N) is 1. The number of carbonyl (C=O) groups excluding carboxylic acids is 1. The Morgan fingerprint density at radius 3 is 2.91 bits per heavy atom. The number of hydrogen-bond acceptors (Lipinski definition) is 3. The van der Waals surface area contributed by atoms with E-state index in [1.54, 1.807) is 12.1 Å². The molecule has 126 valence electrons. The van der Waals surface area contributed by atoms with Gasteiger partial charge in [-0.05, 0) is 50.1 Å². The van der Waals surface area contributed by atoms with Crippen LogP contribution in [0.2, 0.25) is 0 Å². The van der Waals surface area contributed by atoms with Crippen molar-refractivity contribution in [3.63, 3.8) is 0 Å². The fourth-order valence-corrected chi connectivity index (χ4v) is 3.49. The molecule has 0 aliphatic carbocycles. The smallest absolute Gasteiger partial charge is 0.317 e. The number of ether oxygens (including phenoxy) is 1. The first kappa shape index (κ1) is 16.1. The van der Waals surface area contributed by atoms with Crippen LogP contribution in [0.15, 0.2) is 24.3 Å². The number of halogens is 1. The van der Waals surface area contributed by atoms with Crippen LogP contribution >= 0.6 is 0 Å². The number of piperidine rings is 1. The summed E-state index contributed by atoms with van der Waals surface area (Å²) >= 11 is 0. The summed E-state index contributed by atoms with van der Waals surface area (Å²) in [7, 11) is 0. The lowest BCUT2D eigenvalue weighted by atomic mass is 9.79. The Hall–Kier alpha value is -1.82. The normalized spacial score (nSPS) is 24.0. The summed E-state index contributed by atoms with van der Waals surface area (Å²) in [5, 5.41) is 6.32. The summed E-state index contributed by atoms with van der Waals surface area (Å²) < 4.78 is 18.3. The lowest BCUT2D eigenvalue weighted by Gasteiger charge is -2.39. The first-order valence-electron chi connectivity index (χ1n) is 8.29. The number of carbonyl (C=O) groups is 1. The molecule has 5 nitrogen and oxygen atoms in total. The molecule has 2 aliphatic rings. The van der Waals surface area contributed by atoms with Crippen LogP contribution in [0.4, 0.5) is 9.18 Å². The van der Waals surface area contributed by atoms with E-state index in [-0.39, 0.29) is 17.3 Å². The van der Waals surface area contributed by atoms with E-state index in [2.05, 4.69) is 10.6 Å². The van der Waals surface area contributed by atoms with E-state index < -0.39 is 0 Å². The topological polar surface area (TPSA) is 53.6 Å². The van der Waals surface area contributed by atoms with Crippen molar-refractivity contribution in [1.29, 1.82) is 0 Å². The SMILES string of the molecule is O=C(NCCOc1ccc(F)cc1)N1CCCC2(CCNC2)C1. The van der Waals surface area contributed by atoms with Gasteiger partial charge in [0.15, 0.2) is 0 Å². The molecule has 0 radical (unpaired) electrons. The highest BCUT2D eigenvalue weighted by Crippen LogP contribution is 2.35. The molecular weight excluding hydrogens is 297 g/mol. The molecule has 0 aromatic heterocycles. The number of urea groups is 1. The van der Waals surface area contributed by atoms with E-state index in [9.17, 15) is 9.18 Å². The first-order chi connectivity index (χ1) is 11.2. The fraction of sp³-hybridized carbons (Fsp3) is 0.588. The second kappa shape index (κ2) is 7.17. The maximum absolute atomic E-state index is 12.8. The first-order valence-corrected chi connectivity index (χ1v) is 8.29. The zero-order valence-electron chi connectivity index (χ0n) is 13.3. The van der Waals surface area contributed by atoms with Crippen LogP contribution in [-0.4, -0.2) is 50.3 Å². The van der Waals surface area contributed by atoms with Gasteiger partial charge in [-0.15, -0.1) is 0 Å². The Bertz CT molecular complexity index is 529. The van der Waals surface area contributed by atoms with Gasteiger partial charge in [0.25, 0.3) is 0 Å². The van der Waals surface area contributed by atoms with E-state index in [0.717, 1.165) is 39.0 Å². The van der Waals surface area contributed by atoms with E-state index in [1.807, 2.05) is 4.90 Å². The predicted molar refractivity (Wildman–Crippen MR) is 86.0 cm³/mol. The third kappa shape index (κ3) is 4.13. The third-order valence-corrected chi connectivity index (χ3v) is 4.74. The monoisotopic (exact) mass is 321 g/mol. The van der Waals surface area contributed by atoms with Crippen molar-refractivity contribution in [1.82, 2.24) is 15.5 Å². The minimum Gasteiger partial charge on any atom is -0.492 e. The number of nitrogens with one attached hydrogen (secondary N) is 2. The molecule has 6 heteroatoms. The van der Waals surface area contributed by atoms with Crippen molar-refractivity contribution in [2.75, 3.05) is 39.3 Å². The Kier molecular flexibility index (Phi) is 5.00. The van der Waals surface area contributed by atoms with Gasteiger partial charge in [0.1, 0.15) is 18.2 Å². The molecule has 2 fully saturated rings. The van der Waals surface area contributed by atoms with Crippen molar-refractivity contribution in [2.45, 2.75) is 19.3 Å². The largest absolute Gasteiger partial charge is 0.492 e. The highest BCUT2D eigenvalue weighted by atomic mass is 19.1. The standard InChI is InChI=1S/C17H24FN3O2/c18-14-2-4-15(5-3-14)23-11-9-20-16(22)21-10-1-6-17(13-21)7-8-19-12-17/h2-5,19H,1,6-13H2,(H,20,22). The molecule has 1 aromatic rings. The lowest BCUT2D eigenvalue weighted by molar-refractivity contribution is 0.117. The summed E-state index contributed by atoms with van der Waals surface area (Å²) in [5.41, 5.74) is 0.278. The van der Waals surface area contributed by atoms with E-state index in [1.165, 1.54) is 18.6 Å². The highest BCUT2D eigenvalue weighted by Gasteiger charge is 2.39. The average molecular weight is 321 g/mol. The van der Waals surface area contributed by atoms with Crippen LogP contribution in [0.25, 0.3) is 0 Å². The molecule has 1 atom stereocenters. The van der Waals surface area contributed by atoms with Gasteiger partial charge < -0.3 is 20.3 Å². The molecule has 2 saturated heterocycles. The Balaban J connectivity index is 1.39. The molecule has 3 rings (SSSR count). The van der Waals surface area contributed by atoms with Crippen molar-refractivity contribution in [3.05, 3.63) is 30.1 Å². The van der Waals surface area contributed by atoms with Crippen molar-refractivity contribution in [3.8, 4) is 5.75 Å². The van der Waals surface area contributed by atoms with Crippen LogP contribution < -0.4 is 15.4 Å². The minimum absolute atomic E-state index is 0.0151. The van der Waals surface area contributed by atoms with Crippen molar-refractivity contribution >= 4 is 6.03 Å². The number of likely N-dealkylation sites (tertiary alicyclic amines) is 1. The van der Waals surface area contributed by atoms with Gasteiger partial charge in [-0.3, -0.25) is 0 Å². The maximum Gasteiger partial charge on any atom is 0.317 e. The molecule has 2 amide bonds. The van der Waals surface area contributed by atoms with Crippen LogP contribution in [0.5, 0.6) is 5.75 Å². The predicted octanol–water partition coefficient (Wildman–Crippen LogP) is 1.99. The molecule has 23 heavy (non-hydrogen) atoms. The molecule has 2 aliphatic heterocycles. The molecule has 1 spiro atoms. The van der Waals surface area contributed by atoms with Crippen molar-refractivity contribution in [2.24, 2.45) is 5.41 Å². The van der Waals surface area contributed by atoms with Crippen LogP contribution in [0.3, 0.4) is 0 Å². The summed E-state index contributed by atoms with van der Waals surface area (Å²) in [4.78, 5) is 14.2. The zero-order chi connectivity index (χ0) is 16.1. The molecule has 0 bridgehead atoms. The summed E-state index contributed by atoms with van der Waals surface area (Å²) in [6, 6.07) is 5.86. The Morgan fingerprint density at radius 1 is 1.35 bits per heavy atom. The molecule has 2 heterocycles. The maximum atomic E-state index is 12.8. The summed E-state index contributed by atoms with van der Waals surface area (Å²) in [6.07, 6.45) is 3.43. The van der Waals surface area contributed by atoms with Gasteiger partial charge in [0, 0.05) is 25.0 Å². The molecule has 1 unspecified atom stereocenters. The average Bonchev–Trinajstić information content (AvgIpc) is 3.00. The van der Waals surface area contributed by atoms with Gasteiger partial charge in [-0.25, -0.2) is 9.18 Å². The Morgan fingerprint density at radius 2 is 2.17 bits per heavy atom. The van der Waals surface area contributed by atoms with E-state index in [0.29, 0.717) is 18.9 Å². The second-order valence-corrected chi connectivity index (χ2v) is 6.49. The van der Waals surface area contributed by atoms with Gasteiger partial charge in [-0.1, -0.05) is 0 Å². The molecule has 2 N–H and O–H groups in total. The molecular formula is C17H24FN3O2. The zero-order valence-corrected chi connectivity index (χ0v) is 13.3. The summed E-state index contributed by atoms with van der Waals surface area (Å²) in [5.74, 6) is 0.320. The van der Waals surface area contributed by atoms with Gasteiger partial charge in [0.2, 0.25) is 0 Å². The lowest BCUT2D eigenvalue weighted by Crippen LogP contribution is -2.51. The number of amides is 2. The second-order valence-electron chi connectivity index (χ2n) is 6.49. The van der Waals surface area contributed by atoms with Crippen molar-refractivity contribution < 1.29 is 13.9 Å². The Labute approximate surface area is 136 Å². The summed E-state index contributed by atoms with van der Waals surface area (Å²) in [6.45, 7) is 4.55.